The molecule has 0 aromatic rings. The Balaban J connectivity index is 3.84. The third kappa shape index (κ3) is 6.92. The van der Waals surface area contributed by atoms with E-state index in [0.29, 0.717) is 6.42 Å². The summed E-state index contributed by atoms with van der Waals surface area (Å²) in [4.78, 5) is 22.1. The Hall–Kier alpha value is -1.54. The maximum atomic E-state index is 11.5. The molecule has 0 bridgehead atoms. The van der Waals surface area contributed by atoms with E-state index in [4.69, 9.17) is 17.3 Å². The summed E-state index contributed by atoms with van der Waals surface area (Å²) in [5.74, 6) is 0.944. The minimum absolute atomic E-state index is 0.0256. The molecular formula is C13H22N2O3. The Morgan fingerprint density at radius 1 is 1.39 bits per heavy atom. The van der Waals surface area contributed by atoms with E-state index in [-0.39, 0.29) is 24.3 Å². The number of carboxylic acid groups (broad SMARTS) is 1. The number of aliphatic carboxylic acids is 1. The molecule has 5 heteroatoms. The molecule has 0 aromatic heterocycles. The minimum atomic E-state index is -0.789. The molecule has 18 heavy (non-hydrogen) atoms. The smallest absolute Gasteiger partial charge is 0.306 e. The second-order valence-corrected chi connectivity index (χ2v) is 4.59. The number of rotatable bonds is 8. The third-order valence-electron chi connectivity index (χ3n) is 2.76. The van der Waals surface area contributed by atoms with Gasteiger partial charge in [0.15, 0.2) is 0 Å². The Bertz CT molecular complexity index is 323. The summed E-state index contributed by atoms with van der Waals surface area (Å²) in [6.45, 7) is 3.54. The molecule has 0 radical (unpaired) electrons. The van der Waals surface area contributed by atoms with Crippen molar-refractivity contribution in [3.8, 4) is 12.3 Å². The zero-order chi connectivity index (χ0) is 14.1. The van der Waals surface area contributed by atoms with Crippen LogP contribution in [0.15, 0.2) is 0 Å². The fourth-order valence-corrected chi connectivity index (χ4v) is 1.50. The number of carbonyl (C=O) groups is 2. The lowest BCUT2D eigenvalue weighted by molar-refractivity contribution is -0.141. The summed E-state index contributed by atoms with van der Waals surface area (Å²) in [5, 5.41) is 11.5. The number of nitrogens with two attached hydrogens (primary N) is 1. The highest BCUT2D eigenvalue weighted by Gasteiger charge is 2.15. The highest BCUT2D eigenvalue weighted by molar-refractivity contribution is 5.82. The largest absolute Gasteiger partial charge is 0.481 e. The van der Waals surface area contributed by atoms with Crippen LogP contribution in [0.4, 0.5) is 0 Å². The lowest BCUT2D eigenvalue weighted by Crippen LogP contribution is -2.44. The van der Waals surface area contributed by atoms with E-state index < -0.39 is 12.0 Å². The number of carbonyl (C=O) groups excluding carboxylic acids is 1. The van der Waals surface area contributed by atoms with Gasteiger partial charge in [-0.1, -0.05) is 13.3 Å². The van der Waals surface area contributed by atoms with E-state index in [9.17, 15) is 9.59 Å². The van der Waals surface area contributed by atoms with Crippen molar-refractivity contribution in [1.29, 1.82) is 0 Å². The van der Waals surface area contributed by atoms with Gasteiger partial charge in [-0.25, -0.2) is 0 Å². The van der Waals surface area contributed by atoms with Gasteiger partial charge in [0.05, 0.1) is 12.0 Å². The highest BCUT2D eigenvalue weighted by Crippen LogP contribution is 2.09. The van der Waals surface area contributed by atoms with Crippen molar-refractivity contribution in [3.63, 3.8) is 0 Å². The standard InChI is InChI=1S/C13H22N2O3/c1-4-6-11(14)12(16)15-10(3)8-5-7-9(2)13(17)18/h1,9-11H,5-8,14H2,2-3H3,(H,15,16)(H,17,18). The fourth-order valence-electron chi connectivity index (χ4n) is 1.50. The molecular weight excluding hydrogens is 232 g/mol. The molecule has 0 spiro atoms. The van der Waals surface area contributed by atoms with Crippen LogP contribution >= 0.6 is 0 Å². The summed E-state index contributed by atoms with van der Waals surface area (Å²) in [7, 11) is 0. The lowest BCUT2D eigenvalue weighted by Gasteiger charge is -2.16. The molecule has 4 N–H and O–H groups in total. The number of hydrogen-bond acceptors (Lipinski definition) is 3. The number of terminal acetylenes is 1. The number of nitrogens with one attached hydrogen (secondary N) is 1. The molecule has 3 unspecified atom stereocenters. The van der Waals surface area contributed by atoms with Gasteiger partial charge in [0.25, 0.3) is 0 Å². The Morgan fingerprint density at radius 3 is 2.50 bits per heavy atom. The van der Waals surface area contributed by atoms with Crippen molar-refractivity contribution in [2.75, 3.05) is 0 Å². The van der Waals surface area contributed by atoms with Crippen LogP contribution in [0.1, 0.15) is 39.5 Å². The van der Waals surface area contributed by atoms with Crippen LogP contribution in [-0.2, 0) is 9.59 Å². The van der Waals surface area contributed by atoms with Gasteiger partial charge in [0.1, 0.15) is 0 Å². The summed E-state index contributed by atoms with van der Waals surface area (Å²) in [5.41, 5.74) is 5.56. The SMILES string of the molecule is C#CCC(N)C(=O)NC(C)CCCC(C)C(=O)O. The summed E-state index contributed by atoms with van der Waals surface area (Å²) >= 11 is 0. The molecule has 0 saturated heterocycles. The van der Waals surface area contributed by atoms with Crippen molar-refractivity contribution >= 4 is 11.9 Å². The topological polar surface area (TPSA) is 92.4 Å². The van der Waals surface area contributed by atoms with Gasteiger partial charge in [-0.15, -0.1) is 12.3 Å². The van der Waals surface area contributed by atoms with E-state index in [0.717, 1.165) is 12.8 Å². The van der Waals surface area contributed by atoms with E-state index in [1.165, 1.54) is 0 Å². The van der Waals surface area contributed by atoms with E-state index in [1.54, 1.807) is 6.92 Å². The van der Waals surface area contributed by atoms with E-state index in [1.807, 2.05) is 6.92 Å². The molecule has 0 aliphatic carbocycles. The zero-order valence-corrected chi connectivity index (χ0v) is 11.0. The summed E-state index contributed by atoms with van der Waals surface area (Å²) in [6.07, 6.45) is 7.37. The first-order chi connectivity index (χ1) is 8.38. The average molecular weight is 254 g/mol. The molecule has 5 nitrogen and oxygen atoms in total. The second-order valence-electron chi connectivity index (χ2n) is 4.59. The van der Waals surface area contributed by atoms with Gasteiger partial charge in [-0.2, -0.15) is 0 Å². The van der Waals surface area contributed by atoms with E-state index in [2.05, 4.69) is 11.2 Å². The molecule has 0 rings (SSSR count). The quantitative estimate of drug-likeness (QED) is 0.557. The molecule has 0 aromatic carbocycles. The molecule has 0 saturated carbocycles. The Kier molecular flexibility index (Phi) is 7.81. The molecule has 0 aliphatic heterocycles. The average Bonchev–Trinajstić information content (AvgIpc) is 2.28. The predicted molar refractivity (Wildman–Crippen MR) is 69.7 cm³/mol. The molecule has 0 aliphatic rings. The normalized spacial score (nSPS) is 15.2. The highest BCUT2D eigenvalue weighted by atomic mass is 16.4. The maximum Gasteiger partial charge on any atom is 0.306 e. The van der Waals surface area contributed by atoms with Gasteiger partial charge in [-0.05, 0) is 19.8 Å². The first kappa shape index (κ1) is 16.5. The van der Waals surface area contributed by atoms with Crippen molar-refractivity contribution in [1.82, 2.24) is 5.32 Å². The lowest BCUT2D eigenvalue weighted by atomic mass is 10.0. The van der Waals surface area contributed by atoms with Gasteiger partial charge in [0.2, 0.25) is 5.91 Å². The van der Waals surface area contributed by atoms with Crippen LogP contribution in [0.3, 0.4) is 0 Å². The predicted octanol–water partition coefficient (Wildman–Crippen LogP) is 0.733. The van der Waals surface area contributed by atoms with Crippen LogP contribution in [0.5, 0.6) is 0 Å². The van der Waals surface area contributed by atoms with Crippen LogP contribution in [0.2, 0.25) is 0 Å². The monoisotopic (exact) mass is 254 g/mol. The molecule has 0 fully saturated rings. The van der Waals surface area contributed by atoms with Crippen molar-refractivity contribution in [3.05, 3.63) is 0 Å². The fraction of sp³-hybridized carbons (Fsp3) is 0.692. The Labute approximate surface area is 108 Å². The number of carboxylic acids is 1. The third-order valence-corrected chi connectivity index (χ3v) is 2.76. The number of hydrogen-bond donors (Lipinski definition) is 3. The van der Waals surface area contributed by atoms with Gasteiger partial charge in [-0.3, -0.25) is 9.59 Å². The van der Waals surface area contributed by atoms with E-state index >= 15 is 0 Å². The molecule has 3 atom stereocenters. The van der Waals surface area contributed by atoms with Gasteiger partial charge >= 0.3 is 5.97 Å². The van der Waals surface area contributed by atoms with Crippen molar-refractivity contribution in [2.45, 2.75) is 51.6 Å². The summed E-state index contributed by atoms with van der Waals surface area (Å²) < 4.78 is 0. The van der Waals surface area contributed by atoms with Crippen molar-refractivity contribution < 1.29 is 14.7 Å². The zero-order valence-electron chi connectivity index (χ0n) is 11.0. The van der Waals surface area contributed by atoms with Crippen LogP contribution in [0, 0.1) is 18.3 Å². The number of amides is 1. The van der Waals surface area contributed by atoms with Crippen LogP contribution in [0.25, 0.3) is 0 Å². The van der Waals surface area contributed by atoms with Gasteiger partial charge < -0.3 is 16.2 Å². The first-order valence-electron chi connectivity index (χ1n) is 6.10. The first-order valence-corrected chi connectivity index (χ1v) is 6.10. The molecule has 102 valence electrons. The molecule has 1 amide bonds. The van der Waals surface area contributed by atoms with Gasteiger partial charge in [0, 0.05) is 12.5 Å². The Morgan fingerprint density at radius 2 is 2.00 bits per heavy atom. The maximum absolute atomic E-state index is 11.5. The minimum Gasteiger partial charge on any atom is -0.481 e. The summed E-state index contributed by atoms with van der Waals surface area (Å²) in [6, 6.07) is -0.697. The van der Waals surface area contributed by atoms with Crippen LogP contribution in [-0.4, -0.2) is 29.1 Å². The second kappa shape index (κ2) is 8.54. The van der Waals surface area contributed by atoms with Crippen LogP contribution < -0.4 is 11.1 Å². The molecule has 0 heterocycles. The van der Waals surface area contributed by atoms with Crippen molar-refractivity contribution in [2.24, 2.45) is 11.7 Å².